The highest BCUT2D eigenvalue weighted by atomic mass is 16.6. The molecule has 2 aliphatic rings. The summed E-state index contributed by atoms with van der Waals surface area (Å²) in [6.45, 7) is 6.11. The zero-order valence-corrected chi connectivity index (χ0v) is 13.9. The van der Waals surface area contributed by atoms with Gasteiger partial charge in [-0.15, -0.1) is 0 Å². The molecule has 132 valence electrons. The van der Waals surface area contributed by atoms with Crippen molar-refractivity contribution < 1.29 is 24.2 Å². The Labute approximate surface area is 139 Å². The maximum Gasteiger partial charge on any atom is 0.408 e. The fourth-order valence-corrected chi connectivity index (χ4v) is 2.34. The molecule has 2 aliphatic heterocycles. The lowest BCUT2D eigenvalue weighted by Crippen LogP contribution is -2.45. The monoisotopic (exact) mass is 338 g/mol. The van der Waals surface area contributed by atoms with Gasteiger partial charge in [-0.25, -0.2) is 14.8 Å². The van der Waals surface area contributed by atoms with E-state index in [4.69, 9.17) is 9.84 Å². The van der Waals surface area contributed by atoms with Gasteiger partial charge >= 0.3 is 12.1 Å². The Kier molecular flexibility index (Phi) is 5.13. The lowest BCUT2D eigenvalue weighted by atomic mass is 10.2. The summed E-state index contributed by atoms with van der Waals surface area (Å²) >= 11 is 0. The van der Waals surface area contributed by atoms with Crippen molar-refractivity contribution >= 4 is 18.0 Å². The number of carbonyl (C=O) groups excluding carboxylic acids is 2. The number of hydrogen-bond donors (Lipinski definition) is 3. The van der Waals surface area contributed by atoms with Gasteiger partial charge in [-0.3, -0.25) is 9.59 Å². The molecule has 24 heavy (non-hydrogen) atoms. The fourth-order valence-electron chi connectivity index (χ4n) is 2.34. The molecule has 3 N–H and O–H groups in total. The number of carboxylic acid groups (broad SMARTS) is 1. The summed E-state index contributed by atoms with van der Waals surface area (Å²) in [5, 5.41) is 17.3. The van der Waals surface area contributed by atoms with E-state index in [-0.39, 0.29) is 12.3 Å². The van der Waals surface area contributed by atoms with Gasteiger partial charge in [-0.05, 0) is 33.0 Å². The first kappa shape index (κ1) is 17.8. The first-order valence-corrected chi connectivity index (χ1v) is 7.59. The van der Waals surface area contributed by atoms with Crippen molar-refractivity contribution in [2.75, 3.05) is 13.1 Å². The van der Waals surface area contributed by atoms with E-state index >= 15 is 0 Å². The van der Waals surface area contributed by atoms with Crippen LogP contribution in [0.4, 0.5) is 4.79 Å². The van der Waals surface area contributed by atoms with Crippen LogP contribution in [-0.4, -0.2) is 57.8 Å². The zero-order chi connectivity index (χ0) is 17.9. The molecule has 0 aromatic heterocycles. The Morgan fingerprint density at radius 2 is 2.17 bits per heavy atom. The third kappa shape index (κ3) is 4.48. The topological polar surface area (TPSA) is 111 Å². The number of carboxylic acids is 1. The summed E-state index contributed by atoms with van der Waals surface area (Å²) in [5.41, 5.74) is -0.635. The number of ether oxygens (including phenoxy) is 1. The summed E-state index contributed by atoms with van der Waals surface area (Å²) in [4.78, 5) is 34.7. The van der Waals surface area contributed by atoms with Crippen molar-refractivity contribution in [1.29, 1.82) is 0 Å². The normalized spacial score (nSPS) is 21.0. The van der Waals surface area contributed by atoms with Crippen molar-refractivity contribution in [1.82, 2.24) is 20.7 Å². The number of nitrogens with one attached hydrogen (secondary N) is 2. The van der Waals surface area contributed by atoms with Crippen LogP contribution in [-0.2, 0) is 14.3 Å². The molecule has 1 atom stereocenters. The van der Waals surface area contributed by atoms with Gasteiger partial charge in [0.1, 0.15) is 17.5 Å². The van der Waals surface area contributed by atoms with Gasteiger partial charge < -0.3 is 20.5 Å². The lowest BCUT2D eigenvalue weighted by molar-refractivity contribution is -0.136. The molecule has 2 heterocycles. The molecule has 1 saturated heterocycles. The van der Waals surface area contributed by atoms with Crippen molar-refractivity contribution in [2.45, 2.75) is 38.8 Å². The Hall–Kier alpha value is -2.55. The van der Waals surface area contributed by atoms with Gasteiger partial charge in [0.2, 0.25) is 0 Å². The van der Waals surface area contributed by atoms with Crippen LogP contribution in [0, 0.1) is 0 Å². The van der Waals surface area contributed by atoms with Crippen LogP contribution in [0.5, 0.6) is 0 Å². The molecule has 9 nitrogen and oxygen atoms in total. The molecule has 2 amide bonds. The molecule has 2 rings (SSSR count). The second-order valence-electron chi connectivity index (χ2n) is 6.45. The summed E-state index contributed by atoms with van der Waals surface area (Å²) in [7, 11) is 0. The molecule has 0 bridgehead atoms. The smallest absolute Gasteiger partial charge is 0.408 e. The molecule has 9 heteroatoms. The highest BCUT2D eigenvalue weighted by Gasteiger charge is 2.43. The maximum absolute atomic E-state index is 12.5. The van der Waals surface area contributed by atoms with Gasteiger partial charge in [0.15, 0.2) is 0 Å². The minimum absolute atomic E-state index is 0.110. The average molecular weight is 338 g/mol. The standard InChI is InChI=1S/C15H22N4O5/c1-15(2,3)24-14(23)17-10-9-18-8-6-11(19(18)13(10)22)16-7-4-5-12(20)21/h4,6-7,10,16H,5,8-9H2,1-3H3,(H,17,23)(H,20,21)/t10-/m0/s1. The van der Waals surface area contributed by atoms with E-state index in [0.29, 0.717) is 18.9 Å². The number of fused-ring (bicyclic) bond motifs is 1. The van der Waals surface area contributed by atoms with Crippen LogP contribution in [0.2, 0.25) is 0 Å². The van der Waals surface area contributed by atoms with Crippen LogP contribution in [0.25, 0.3) is 0 Å². The van der Waals surface area contributed by atoms with Crippen LogP contribution >= 0.6 is 0 Å². The number of rotatable bonds is 5. The molecule has 0 aliphatic carbocycles. The van der Waals surface area contributed by atoms with Gasteiger partial charge in [0.25, 0.3) is 5.91 Å². The number of aliphatic carboxylic acids is 1. The average Bonchev–Trinajstić information content (AvgIpc) is 2.95. The quantitative estimate of drug-likeness (QED) is 0.664. The molecular weight excluding hydrogens is 316 g/mol. The largest absolute Gasteiger partial charge is 0.481 e. The van der Waals surface area contributed by atoms with Gasteiger partial charge in [0, 0.05) is 13.1 Å². The van der Waals surface area contributed by atoms with E-state index in [1.807, 2.05) is 6.08 Å². The molecule has 1 fully saturated rings. The number of hydrogen-bond acceptors (Lipinski definition) is 6. The number of alkyl carbamates (subject to hydrolysis) is 1. The minimum Gasteiger partial charge on any atom is -0.481 e. The van der Waals surface area contributed by atoms with E-state index in [2.05, 4.69) is 10.6 Å². The molecule has 0 spiro atoms. The lowest BCUT2D eigenvalue weighted by Gasteiger charge is -2.22. The summed E-state index contributed by atoms with van der Waals surface area (Å²) in [6, 6.07) is -0.687. The first-order valence-electron chi connectivity index (χ1n) is 7.59. The number of nitrogens with zero attached hydrogens (tertiary/aromatic N) is 2. The predicted octanol–water partition coefficient (Wildman–Crippen LogP) is 0.372. The van der Waals surface area contributed by atoms with Crippen LogP contribution < -0.4 is 10.6 Å². The van der Waals surface area contributed by atoms with E-state index in [1.54, 1.807) is 25.8 Å². The Balaban J connectivity index is 1.91. The second kappa shape index (κ2) is 6.91. The van der Waals surface area contributed by atoms with Crippen LogP contribution in [0.1, 0.15) is 27.2 Å². The summed E-state index contributed by atoms with van der Waals surface area (Å²) in [6.07, 6.45) is 3.99. The van der Waals surface area contributed by atoms with Crippen molar-refractivity contribution in [3.63, 3.8) is 0 Å². The van der Waals surface area contributed by atoms with E-state index in [0.717, 1.165) is 0 Å². The Morgan fingerprint density at radius 1 is 1.46 bits per heavy atom. The van der Waals surface area contributed by atoms with Crippen molar-refractivity contribution in [3.8, 4) is 0 Å². The van der Waals surface area contributed by atoms with E-state index in [1.165, 1.54) is 17.3 Å². The first-order chi connectivity index (χ1) is 11.2. The summed E-state index contributed by atoms with van der Waals surface area (Å²) < 4.78 is 5.16. The molecular formula is C15H22N4O5. The Morgan fingerprint density at radius 3 is 2.79 bits per heavy atom. The molecule has 0 saturated carbocycles. The minimum atomic E-state index is -0.936. The molecule has 0 unspecified atom stereocenters. The second-order valence-corrected chi connectivity index (χ2v) is 6.45. The van der Waals surface area contributed by atoms with E-state index in [9.17, 15) is 14.4 Å². The third-order valence-corrected chi connectivity index (χ3v) is 3.24. The Bertz CT molecular complexity index is 593. The molecule has 0 aromatic carbocycles. The van der Waals surface area contributed by atoms with Crippen LogP contribution in [0.3, 0.4) is 0 Å². The summed E-state index contributed by atoms with van der Waals surface area (Å²) in [5.74, 6) is -0.673. The highest BCUT2D eigenvalue weighted by Crippen LogP contribution is 2.23. The van der Waals surface area contributed by atoms with Gasteiger partial charge in [-0.2, -0.15) is 0 Å². The number of carbonyl (C=O) groups is 3. The molecule has 0 radical (unpaired) electrons. The maximum atomic E-state index is 12.5. The molecule has 0 aromatic rings. The highest BCUT2D eigenvalue weighted by molar-refractivity contribution is 5.88. The number of amides is 2. The van der Waals surface area contributed by atoms with Crippen molar-refractivity contribution in [3.05, 3.63) is 24.2 Å². The van der Waals surface area contributed by atoms with Gasteiger partial charge in [-0.1, -0.05) is 6.08 Å². The predicted molar refractivity (Wildman–Crippen MR) is 84.2 cm³/mol. The number of hydrazine groups is 1. The van der Waals surface area contributed by atoms with Crippen LogP contribution in [0.15, 0.2) is 24.2 Å². The third-order valence-electron chi connectivity index (χ3n) is 3.24. The SMILES string of the molecule is CC(C)(C)OC(=O)N[C@H]1CN2CC=C(NC=CCC(=O)O)N2C1=O. The van der Waals surface area contributed by atoms with E-state index < -0.39 is 23.7 Å². The van der Waals surface area contributed by atoms with Gasteiger partial charge in [0.05, 0.1) is 6.42 Å². The van der Waals surface area contributed by atoms with Crippen molar-refractivity contribution in [2.24, 2.45) is 0 Å². The zero-order valence-electron chi connectivity index (χ0n) is 13.9. The fraction of sp³-hybridized carbons (Fsp3) is 0.533.